The van der Waals surface area contributed by atoms with E-state index in [0.29, 0.717) is 24.7 Å². The minimum atomic E-state index is 0.173. The molecule has 17 heavy (non-hydrogen) atoms. The number of carbonyl (C=O) groups excluding carboxylic acids is 2. The highest BCUT2D eigenvalue weighted by atomic mass is 32.2. The first-order valence-electron chi connectivity index (χ1n) is 6.58. The molecule has 1 unspecified atom stereocenters. The fourth-order valence-electron chi connectivity index (χ4n) is 2.65. The summed E-state index contributed by atoms with van der Waals surface area (Å²) in [5.41, 5.74) is 0. The van der Waals surface area contributed by atoms with Crippen LogP contribution in [0.3, 0.4) is 0 Å². The van der Waals surface area contributed by atoms with Gasteiger partial charge in [0, 0.05) is 25.9 Å². The highest BCUT2D eigenvalue weighted by Crippen LogP contribution is 2.28. The number of hydrogen-bond acceptors (Lipinski definition) is 3. The van der Waals surface area contributed by atoms with Gasteiger partial charge in [-0.05, 0) is 31.4 Å². The standard InChI is InChI=1S/C13H21NO2S/c1-14(10-5-7-11(15)8-6-10)13(16)12-4-2-3-9-17-12/h10,12H,2-9H2,1H3. The second-order valence-corrected chi connectivity index (χ2v) is 6.38. The van der Waals surface area contributed by atoms with Gasteiger partial charge in [0.1, 0.15) is 5.78 Å². The Labute approximate surface area is 107 Å². The average molecular weight is 255 g/mol. The van der Waals surface area contributed by atoms with E-state index < -0.39 is 0 Å². The van der Waals surface area contributed by atoms with E-state index >= 15 is 0 Å². The van der Waals surface area contributed by atoms with Crippen molar-refractivity contribution in [2.45, 2.75) is 56.2 Å². The lowest BCUT2D eigenvalue weighted by atomic mass is 9.93. The zero-order valence-corrected chi connectivity index (χ0v) is 11.3. The van der Waals surface area contributed by atoms with Crippen molar-refractivity contribution in [3.8, 4) is 0 Å². The summed E-state index contributed by atoms with van der Waals surface area (Å²) in [4.78, 5) is 25.4. The van der Waals surface area contributed by atoms with Crippen LogP contribution in [0.5, 0.6) is 0 Å². The predicted molar refractivity (Wildman–Crippen MR) is 70.1 cm³/mol. The molecule has 1 saturated heterocycles. The van der Waals surface area contributed by atoms with Gasteiger partial charge in [-0.3, -0.25) is 9.59 Å². The molecule has 0 aromatic heterocycles. The highest BCUT2D eigenvalue weighted by molar-refractivity contribution is 8.00. The van der Waals surface area contributed by atoms with Crippen molar-refractivity contribution in [2.75, 3.05) is 12.8 Å². The monoisotopic (exact) mass is 255 g/mol. The Bertz CT molecular complexity index is 290. The van der Waals surface area contributed by atoms with E-state index in [1.165, 1.54) is 12.8 Å². The lowest BCUT2D eigenvalue weighted by Crippen LogP contribution is -2.44. The van der Waals surface area contributed by atoms with E-state index in [1.54, 1.807) is 11.8 Å². The molecular weight excluding hydrogens is 234 g/mol. The highest BCUT2D eigenvalue weighted by Gasteiger charge is 2.30. The lowest BCUT2D eigenvalue weighted by molar-refractivity contribution is -0.134. The molecule has 0 N–H and O–H groups in total. The molecule has 0 bridgehead atoms. The van der Waals surface area contributed by atoms with Gasteiger partial charge in [0.05, 0.1) is 5.25 Å². The lowest BCUT2D eigenvalue weighted by Gasteiger charge is -2.34. The largest absolute Gasteiger partial charge is 0.342 e. The first-order chi connectivity index (χ1) is 8.18. The summed E-state index contributed by atoms with van der Waals surface area (Å²) in [5, 5.41) is 0.173. The van der Waals surface area contributed by atoms with Crippen LogP contribution in [0.1, 0.15) is 44.9 Å². The predicted octanol–water partition coefficient (Wildman–Crippen LogP) is 2.24. The topological polar surface area (TPSA) is 37.4 Å². The average Bonchev–Trinajstić information content (AvgIpc) is 2.39. The van der Waals surface area contributed by atoms with Gasteiger partial charge >= 0.3 is 0 Å². The Morgan fingerprint density at radius 2 is 1.94 bits per heavy atom. The van der Waals surface area contributed by atoms with Crippen molar-refractivity contribution in [1.82, 2.24) is 4.90 Å². The molecule has 0 aromatic rings. The quantitative estimate of drug-likeness (QED) is 0.759. The van der Waals surface area contributed by atoms with Crippen molar-refractivity contribution in [3.63, 3.8) is 0 Å². The molecule has 1 heterocycles. The molecule has 0 spiro atoms. The number of hydrogen-bond donors (Lipinski definition) is 0. The van der Waals surface area contributed by atoms with Gasteiger partial charge < -0.3 is 4.90 Å². The molecule has 1 amide bonds. The number of nitrogens with zero attached hydrogens (tertiary/aromatic N) is 1. The van der Waals surface area contributed by atoms with Crippen LogP contribution in [0, 0.1) is 0 Å². The maximum absolute atomic E-state index is 12.3. The van der Waals surface area contributed by atoms with E-state index in [-0.39, 0.29) is 11.2 Å². The third-order valence-electron chi connectivity index (χ3n) is 3.86. The smallest absolute Gasteiger partial charge is 0.235 e. The van der Waals surface area contributed by atoms with Gasteiger partial charge in [0.2, 0.25) is 5.91 Å². The van der Waals surface area contributed by atoms with Crippen LogP contribution in [0.4, 0.5) is 0 Å². The molecule has 0 aromatic carbocycles. The zero-order chi connectivity index (χ0) is 12.3. The fraction of sp³-hybridized carbons (Fsp3) is 0.846. The van der Waals surface area contributed by atoms with E-state index in [1.807, 2.05) is 11.9 Å². The number of thioether (sulfide) groups is 1. The minimum Gasteiger partial charge on any atom is -0.342 e. The van der Waals surface area contributed by atoms with E-state index in [9.17, 15) is 9.59 Å². The molecule has 1 saturated carbocycles. The van der Waals surface area contributed by atoms with Crippen LogP contribution < -0.4 is 0 Å². The van der Waals surface area contributed by atoms with Gasteiger partial charge in [-0.2, -0.15) is 0 Å². The summed E-state index contributed by atoms with van der Waals surface area (Å²) in [6.45, 7) is 0. The number of rotatable bonds is 2. The van der Waals surface area contributed by atoms with Gasteiger partial charge in [-0.25, -0.2) is 0 Å². The third-order valence-corrected chi connectivity index (χ3v) is 5.23. The molecule has 1 aliphatic carbocycles. The Hall–Kier alpha value is -0.510. The number of carbonyl (C=O) groups is 2. The first-order valence-corrected chi connectivity index (χ1v) is 7.63. The summed E-state index contributed by atoms with van der Waals surface area (Å²) >= 11 is 1.81. The van der Waals surface area contributed by atoms with Crippen molar-refractivity contribution < 1.29 is 9.59 Å². The summed E-state index contributed by atoms with van der Waals surface area (Å²) in [5.74, 6) is 1.76. The van der Waals surface area contributed by atoms with E-state index in [4.69, 9.17) is 0 Å². The molecule has 3 nitrogen and oxygen atoms in total. The molecular formula is C13H21NO2S. The first kappa shape index (κ1) is 12.9. The Balaban J connectivity index is 1.87. The van der Waals surface area contributed by atoms with Crippen molar-refractivity contribution in [2.24, 2.45) is 0 Å². The molecule has 1 atom stereocenters. The summed E-state index contributed by atoms with van der Waals surface area (Å²) in [6, 6.07) is 0.294. The maximum Gasteiger partial charge on any atom is 0.235 e. The second-order valence-electron chi connectivity index (χ2n) is 5.07. The van der Waals surface area contributed by atoms with Crippen LogP contribution in [0.15, 0.2) is 0 Å². The van der Waals surface area contributed by atoms with E-state index in [2.05, 4.69) is 0 Å². The van der Waals surface area contributed by atoms with E-state index in [0.717, 1.165) is 25.0 Å². The van der Waals surface area contributed by atoms with Crippen LogP contribution in [0.25, 0.3) is 0 Å². The van der Waals surface area contributed by atoms with Gasteiger partial charge in [0.15, 0.2) is 0 Å². The van der Waals surface area contributed by atoms with Crippen LogP contribution in [-0.4, -0.2) is 40.7 Å². The Morgan fingerprint density at radius 3 is 2.53 bits per heavy atom. The summed E-state index contributed by atoms with van der Waals surface area (Å²) in [6.07, 6.45) is 6.48. The van der Waals surface area contributed by atoms with Crippen molar-refractivity contribution in [1.29, 1.82) is 0 Å². The van der Waals surface area contributed by atoms with Crippen LogP contribution in [-0.2, 0) is 9.59 Å². The Morgan fingerprint density at radius 1 is 1.24 bits per heavy atom. The molecule has 4 heteroatoms. The fourth-order valence-corrected chi connectivity index (χ4v) is 3.95. The second kappa shape index (κ2) is 5.89. The van der Waals surface area contributed by atoms with Gasteiger partial charge in [-0.1, -0.05) is 6.42 Å². The maximum atomic E-state index is 12.3. The van der Waals surface area contributed by atoms with Crippen LogP contribution >= 0.6 is 11.8 Å². The minimum absolute atomic E-state index is 0.173. The molecule has 1 aliphatic heterocycles. The molecule has 96 valence electrons. The molecule has 0 radical (unpaired) electrons. The van der Waals surface area contributed by atoms with Crippen molar-refractivity contribution >= 4 is 23.5 Å². The summed E-state index contributed by atoms with van der Waals surface area (Å²) in [7, 11) is 1.91. The molecule has 2 rings (SSSR count). The van der Waals surface area contributed by atoms with Crippen LogP contribution in [0.2, 0.25) is 0 Å². The van der Waals surface area contributed by atoms with Gasteiger partial charge in [-0.15, -0.1) is 11.8 Å². The third kappa shape index (κ3) is 3.24. The molecule has 2 fully saturated rings. The normalized spacial score (nSPS) is 26.9. The molecule has 2 aliphatic rings. The van der Waals surface area contributed by atoms with Gasteiger partial charge in [0.25, 0.3) is 0 Å². The number of Topliss-reactive ketones (excluding diaryl/α,β-unsaturated/α-hetero) is 1. The number of amides is 1. The number of ketones is 1. The van der Waals surface area contributed by atoms with Crippen molar-refractivity contribution in [3.05, 3.63) is 0 Å². The summed E-state index contributed by atoms with van der Waals surface area (Å²) < 4.78 is 0. The Kier molecular flexibility index (Phi) is 4.48. The zero-order valence-electron chi connectivity index (χ0n) is 10.5. The SMILES string of the molecule is CN(C(=O)C1CCCCS1)C1CCC(=O)CC1.